The molecule has 3 aromatic rings. The fraction of sp³-hybridized carbons (Fsp3) is 0.133. The monoisotopic (exact) mass is 279 g/mol. The number of aromatic nitrogens is 3. The van der Waals surface area contributed by atoms with Gasteiger partial charge in [-0.25, -0.2) is 9.78 Å². The highest BCUT2D eigenvalue weighted by molar-refractivity contribution is 5.81. The molecule has 0 amide bonds. The van der Waals surface area contributed by atoms with Crippen LogP contribution in [-0.4, -0.2) is 14.1 Å². The topological polar surface area (TPSA) is 75.6 Å². The first kappa shape index (κ1) is 12.9. The van der Waals surface area contributed by atoms with Crippen LogP contribution in [0.1, 0.15) is 5.56 Å². The molecule has 0 aliphatic carbocycles. The van der Waals surface area contributed by atoms with Gasteiger partial charge in [-0.3, -0.25) is 9.13 Å². The molecule has 0 spiro atoms. The molecule has 1 aromatic carbocycles. The number of nitriles is 1. The Morgan fingerprint density at radius 2 is 1.95 bits per heavy atom. The van der Waals surface area contributed by atoms with Crippen molar-refractivity contribution in [2.24, 2.45) is 14.1 Å². The van der Waals surface area contributed by atoms with Crippen LogP contribution in [0.4, 0.5) is 11.5 Å². The minimum absolute atomic E-state index is 0.0716. The van der Waals surface area contributed by atoms with Gasteiger partial charge in [-0.1, -0.05) is 0 Å². The van der Waals surface area contributed by atoms with Crippen molar-refractivity contribution in [1.82, 2.24) is 14.1 Å². The van der Waals surface area contributed by atoms with Crippen molar-refractivity contribution in [2.75, 3.05) is 5.32 Å². The predicted octanol–water partition coefficient (Wildman–Crippen LogP) is 1.89. The summed E-state index contributed by atoms with van der Waals surface area (Å²) < 4.78 is 3.19. The molecule has 2 aromatic heterocycles. The summed E-state index contributed by atoms with van der Waals surface area (Å²) in [6.07, 6.45) is 1.62. The Morgan fingerprint density at radius 3 is 2.71 bits per heavy atom. The lowest BCUT2D eigenvalue weighted by Gasteiger charge is -2.07. The van der Waals surface area contributed by atoms with E-state index in [4.69, 9.17) is 5.26 Å². The molecule has 0 unspecified atom stereocenters. The third kappa shape index (κ3) is 2.05. The number of hydrogen-bond donors (Lipinski definition) is 1. The molecule has 104 valence electrons. The van der Waals surface area contributed by atoms with Crippen molar-refractivity contribution < 1.29 is 0 Å². The fourth-order valence-electron chi connectivity index (χ4n) is 2.32. The zero-order valence-electron chi connectivity index (χ0n) is 11.7. The van der Waals surface area contributed by atoms with Crippen LogP contribution in [0.2, 0.25) is 0 Å². The average molecular weight is 279 g/mol. The minimum atomic E-state index is -0.0716. The van der Waals surface area contributed by atoms with Gasteiger partial charge in [-0.15, -0.1) is 0 Å². The first-order valence-electron chi connectivity index (χ1n) is 6.39. The summed E-state index contributed by atoms with van der Waals surface area (Å²) in [6.45, 7) is 0. The van der Waals surface area contributed by atoms with Gasteiger partial charge in [0.05, 0.1) is 16.6 Å². The number of anilines is 2. The number of pyridine rings is 1. The van der Waals surface area contributed by atoms with Gasteiger partial charge in [0.1, 0.15) is 11.9 Å². The molecule has 0 bridgehead atoms. The molecular formula is C15H13N5O. The minimum Gasteiger partial charge on any atom is -0.339 e. The van der Waals surface area contributed by atoms with Crippen molar-refractivity contribution in [3.05, 3.63) is 52.6 Å². The van der Waals surface area contributed by atoms with Crippen molar-refractivity contribution in [2.45, 2.75) is 0 Å². The largest absolute Gasteiger partial charge is 0.339 e. The molecule has 0 aliphatic rings. The zero-order chi connectivity index (χ0) is 15.0. The van der Waals surface area contributed by atoms with Gasteiger partial charge in [-0.2, -0.15) is 5.26 Å². The predicted molar refractivity (Wildman–Crippen MR) is 80.4 cm³/mol. The highest BCUT2D eigenvalue weighted by Gasteiger charge is 2.09. The van der Waals surface area contributed by atoms with E-state index in [9.17, 15) is 4.79 Å². The van der Waals surface area contributed by atoms with Crippen molar-refractivity contribution in [3.8, 4) is 6.07 Å². The van der Waals surface area contributed by atoms with E-state index in [-0.39, 0.29) is 5.69 Å². The van der Waals surface area contributed by atoms with Crippen LogP contribution >= 0.6 is 0 Å². The SMILES string of the molecule is Cn1c(=O)n(C)c2cc(Nc3ncccc3C#N)ccc21. The number of benzene rings is 1. The third-order valence-electron chi connectivity index (χ3n) is 3.46. The Balaban J connectivity index is 2.09. The Kier molecular flexibility index (Phi) is 2.95. The van der Waals surface area contributed by atoms with Gasteiger partial charge in [0, 0.05) is 26.0 Å². The van der Waals surface area contributed by atoms with E-state index >= 15 is 0 Å². The zero-order valence-corrected chi connectivity index (χ0v) is 11.7. The Bertz CT molecular complexity index is 929. The van der Waals surface area contributed by atoms with Crippen molar-refractivity contribution >= 4 is 22.5 Å². The Hall–Kier alpha value is -3.07. The van der Waals surface area contributed by atoms with E-state index in [1.807, 2.05) is 18.2 Å². The van der Waals surface area contributed by atoms with Gasteiger partial charge in [0.2, 0.25) is 0 Å². The van der Waals surface area contributed by atoms with Crippen LogP contribution < -0.4 is 11.0 Å². The molecule has 0 fully saturated rings. The molecular weight excluding hydrogens is 266 g/mol. The van der Waals surface area contributed by atoms with Crippen LogP contribution in [0.5, 0.6) is 0 Å². The van der Waals surface area contributed by atoms with Crippen molar-refractivity contribution in [3.63, 3.8) is 0 Å². The maximum absolute atomic E-state index is 11.9. The second kappa shape index (κ2) is 4.80. The van der Waals surface area contributed by atoms with E-state index in [0.717, 1.165) is 16.7 Å². The smallest absolute Gasteiger partial charge is 0.328 e. The molecule has 0 atom stereocenters. The molecule has 6 nitrogen and oxygen atoms in total. The molecule has 0 saturated carbocycles. The molecule has 0 saturated heterocycles. The number of aryl methyl sites for hydroxylation is 2. The van der Waals surface area contributed by atoms with E-state index < -0.39 is 0 Å². The summed E-state index contributed by atoms with van der Waals surface area (Å²) in [5, 5.41) is 12.2. The summed E-state index contributed by atoms with van der Waals surface area (Å²) in [5.41, 5.74) is 2.85. The van der Waals surface area contributed by atoms with E-state index in [2.05, 4.69) is 16.4 Å². The van der Waals surface area contributed by atoms with Crippen LogP contribution in [-0.2, 0) is 14.1 Å². The molecule has 3 rings (SSSR count). The van der Waals surface area contributed by atoms with Gasteiger partial charge >= 0.3 is 5.69 Å². The van der Waals surface area contributed by atoms with Gasteiger partial charge in [0.25, 0.3) is 0 Å². The number of hydrogen-bond acceptors (Lipinski definition) is 4. The summed E-state index contributed by atoms with van der Waals surface area (Å²) in [6, 6.07) is 11.1. The molecule has 1 N–H and O–H groups in total. The molecule has 6 heteroatoms. The number of imidazole rings is 1. The van der Waals surface area contributed by atoms with Crippen LogP contribution in [0.3, 0.4) is 0 Å². The number of fused-ring (bicyclic) bond motifs is 1. The lowest BCUT2D eigenvalue weighted by molar-refractivity contribution is 0.795. The first-order chi connectivity index (χ1) is 10.1. The molecule has 0 aliphatic heterocycles. The van der Waals surface area contributed by atoms with E-state index in [0.29, 0.717) is 11.4 Å². The van der Waals surface area contributed by atoms with E-state index in [1.54, 1.807) is 41.6 Å². The third-order valence-corrected chi connectivity index (χ3v) is 3.46. The lowest BCUT2D eigenvalue weighted by atomic mass is 10.2. The van der Waals surface area contributed by atoms with Crippen LogP contribution in [0, 0.1) is 11.3 Å². The summed E-state index contributed by atoms with van der Waals surface area (Å²) in [5.74, 6) is 0.500. The highest BCUT2D eigenvalue weighted by atomic mass is 16.1. The average Bonchev–Trinajstić information content (AvgIpc) is 2.72. The van der Waals surface area contributed by atoms with E-state index in [1.165, 1.54) is 0 Å². The normalized spacial score (nSPS) is 10.5. The molecule has 21 heavy (non-hydrogen) atoms. The van der Waals surface area contributed by atoms with Gasteiger partial charge < -0.3 is 5.32 Å². The second-order valence-corrected chi connectivity index (χ2v) is 4.74. The Labute approximate surface area is 120 Å². The molecule has 0 radical (unpaired) electrons. The lowest BCUT2D eigenvalue weighted by Crippen LogP contribution is -2.19. The second-order valence-electron chi connectivity index (χ2n) is 4.74. The number of rotatable bonds is 2. The Morgan fingerprint density at radius 1 is 1.19 bits per heavy atom. The summed E-state index contributed by atoms with van der Waals surface area (Å²) in [4.78, 5) is 16.1. The van der Waals surface area contributed by atoms with Gasteiger partial charge in [-0.05, 0) is 30.3 Å². The van der Waals surface area contributed by atoms with Crippen molar-refractivity contribution in [1.29, 1.82) is 5.26 Å². The number of nitrogens with one attached hydrogen (secondary N) is 1. The summed E-state index contributed by atoms with van der Waals surface area (Å²) in [7, 11) is 3.47. The highest BCUT2D eigenvalue weighted by Crippen LogP contribution is 2.22. The van der Waals surface area contributed by atoms with Crippen LogP contribution in [0.25, 0.3) is 11.0 Å². The molecule has 2 heterocycles. The number of nitrogens with zero attached hydrogens (tertiary/aromatic N) is 4. The maximum atomic E-state index is 11.9. The first-order valence-corrected chi connectivity index (χ1v) is 6.39. The van der Waals surface area contributed by atoms with Gasteiger partial charge in [0.15, 0.2) is 0 Å². The quantitative estimate of drug-likeness (QED) is 0.777. The maximum Gasteiger partial charge on any atom is 0.328 e. The van der Waals surface area contributed by atoms with Crippen LogP contribution in [0.15, 0.2) is 41.3 Å². The standard InChI is InChI=1S/C15H13N5O/c1-19-12-6-5-11(8-13(12)20(2)15(19)21)18-14-10(9-16)4-3-7-17-14/h3-8H,1-2H3,(H,17,18). The summed E-state index contributed by atoms with van der Waals surface area (Å²) >= 11 is 0. The fourth-order valence-corrected chi connectivity index (χ4v) is 2.32.